The van der Waals surface area contributed by atoms with Crippen LogP contribution in [0, 0.1) is 12.8 Å². The first kappa shape index (κ1) is 65.8. The van der Waals surface area contributed by atoms with Gasteiger partial charge in [-0.25, -0.2) is 19.3 Å². The molecule has 2 N–H and O–H groups in total. The Morgan fingerprint density at radius 2 is 1.27 bits per heavy atom. The molecule has 4 aliphatic rings. The van der Waals surface area contributed by atoms with Crippen molar-refractivity contribution in [1.29, 1.82) is 0 Å². The van der Waals surface area contributed by atoms with Crippen molar-refractivity contribution in [3.8, 4) is 17.2 Å². The van der Waals surface area contributed by atoms with Crippen LogP contribution >= 0.6 is 0 Å². The molecule has 0 fully saturated rings. The molecule has 7 rings (SSSR count). The van der Waals surface area contributed by atoms with E-state index >= 15 is 0 Å². The van der Waals surface area contributed by atoms with Crippen LogP contribution in [0.3, 0.4) is 0 Å². The van der Waals surface area contributed by atoms with E-state index in [1.54, 1.807) is 54.8 Å². The summed E-state index contributed by atoms with van der Waals surface area (Å²) in [4.78, 5) is 102. The van der Waals surface area contributed by atoms with Gasteiger partial charge in [-0.2, -0.15) is 0 Å². The molecule has 0 spiro atoms. The van der Waals surface area contributed by atoms with E-state index < -0.39 is 68.6 Å². The third-order valence-corrected chi connectivity index (χ3v) is 20.9. The number of rotatable bonds is 25. The lowest BCUT2D eigenvalue weighted by Gasteiger charge is -2.44. The van der Waals surface area contributed by atoms with Crippen LogP contribution in [-0.2, 0) is 46.2 Å². The van der Waals surface area contributed by atoms with Crippen molar-refractivity contribution in [2.24, 2.45) is 5.92 Å². The van der Waals surface area contributed by atoms with Crippen LogP contribution in [0.2, 0.25) is 18.1 Å². The molecule has 6 atom stereocenters. The number of ketones is 1. The van der Waals surface area contributed by atoms with Crippen molar-refractivity contribution < 1.29 is 66.4 Å². The van der Waals surface area contributed by atoms with E-state index in [2.05, 4.69) is 57.7 Å². The molecule has 21 heteroatoms. The van der Waals surface area contributed by atoms with Crippen LogP contribution < -0.4 is 34.6 Å². The van der Waals surface area contributed by atoms with Gasteiger partial charge in [0.25, 0.3) is 17.6 Å². The average molecular weight is 1200 g/mol. The number of esters is 1. The Kier molecular flexibility index (Phi) is 21.6. The van der Waals surface area contributed by atoms with Crippen LogP contribution in [0.25, 0.3) is 0 Å². The number of hydrogen-bond acceptors (Lipinski definition) is 15. The molecule has 0 radical (unpaired) electrons. The van der Waals surface area contributed by atoms with E-state index in [4.69, 9.17) is 32.8 Å². The first-order chi connectivity index (χ1) is 40.7. The molecule has 0 aliphatic carbocycles. The van der Waals surface area contributed by atoms with Gasteiger partial charge in [0.1, 0.15) is 31.6 Å². The number of ether oxygens (including phenoxy) is 6. The second-order valence-electron chi connectivity index (χ2n) is 24.4. The summed E-state index contributed by atoms with van der Waals surface area (Å²) in [5, 5.41) is 5.61. The Balaban J connectivity index is 0.997. The van der Waals surface area contributed by atoms with Gasteiger partial charge in [0.2, 0.25) is 5.91 Å². The number of Topliss-reactive ketones (excluding diaryl/α,β-unsaturated/α-hetero) is 1. The third kappa shape index (κ3) is 14.9. The first-order valence-electron chi connectivity index (χ1n) is 29.5. The number of carbonyl (C=O) groups is 7. The zero-order valence-corrected chi connectivity index (χ0v) is 53.2. The van der Waals surface area contributed by atoms with Crippen LogP contribution in [0.5, 0.6) is 17.2 Å². The van der Waals surface area contributed by atoms with E-state index in [0.717, 1.165) is 22.3 Å². The molecule has 86 heavy (non-hydrogen) atoms. The second-order valence-corrected chi connectivity index (χ2v) is 29.2. The number of nitrogens with zero attached hydrogens (tertiary/aromatic N) is 4. The molecular weight excluding hydrogens is 1120 g/mol. The first-order valence-corrected chi connectivity index (χ1v) is 32.4. The molecule has 0 saturated carbocycles. The fraction of sp³-hybridized carbons (Fsp3) is 0.492. The van der Waals surface area contributed by atoms with E-state index in [0.29, 0.717) is 85.0 Å². The summed E-state index contributed by atoms with van der Waals surface area (Å²) in [6.45, 7) is 31.3. The number of nitrogens with one attached hydrogen (secondary N) is 2. The number of amides is 5. The van der Waals surface area contributed by atoms with E-state index in [1.807, 2.05) is 64.4 Å². The van der Waals surface area contributed by atoms with Gasteiger partial charge in [0, 0.05) is 31.1 Å². The minimum atomic E-state index is -2.55. The molecule has 20 nitrogen and oxygen atoms in total. The summed E-state index contributed by atoms with van der Waals surface area (Å²) in [7, 11) is -1.05. The van der Waals surface area contributed by atoms with Gasteiger partial charge in [-0.05, 0) is 120 Å². The summed E-state index contributed by atoms with van der Waals surface area (Å²) in [6.07, 6.45) is 7.42. The van der Waals surface area contributed by atoms with E-state index in [-0.39, 0.29) is 60.8 Å². The minimum absolute atomic E-state index is 0.0294. The maximum absolute atomic E-state index is 14.4. The fourth-order valence-corrected chi connectivity index (χ4v) is 11.8. The van der Waals surface area contributed by atoms with Crippen molar-refractivity contribution >= 4 is 61.4 Å². The molecule has 1 unspecified atom stereocenters. The Morgan fingerprint density at radius 1 is 0.721 bits per heavy atom. The molecule has 0 bridgehead atoms. The smallest absolute Gasteiger partial charge is 0.416 e. The molecule has 464 valence electrons. The monoisotopic (exact) mass is 1200 g/mol. The molecule has 0 saturated heterocycles. The SMILES string of the molecule is C=CCOC(=O)C(=O)[C@@H](NC(=O)C(C)NCc1ccc(COC(=O)N2c3cc(OCCCCCOc4cc5c(cc4C)C(=O)N4C=C(C)C[C@H]4[C@H](O[Si](C)(C)C(C)(C)C)N5C(=O)OCC=C)c(OC)cc3C(=O)N3C=C(C)C[C@H]3[C@@H]2C)cc1)C(C)C. The standard InChI is InChI=1S/C65H86N6O14Si/c1-16-25-82-62(76)57(72)56(39(3)4)67-58(73)43(8)66-35-45-21-23-46(24-22-45)38-84-63(77)70-44(9)49-29-40(5)36-68(49)60(75)48-32-54(79-13)55(34-50(48)70)81-28-20-18-19-27-80-53-33-51-47(31-42(53)7)59(74)69-37-41(6)30-52(69)61(71(51)64(78)83-26-17-2)85-86(14,15)65(10,11)12/h16-17,21-24,31-34,36-37,39,43-44,49,52,56,61,66H,1-2,18-20,25-30,35,38H2,3-15H3,(H,67,73)/t43?,44-,49-,52-,56-,61-/m0/s1. The number of aryl methyl sites for hydroxylation is 1. The van der Waals surface area contributed by atoms with Crippen molar-refractivity contribution in [1.82, 2.24) is 20.4 Å². The van der Waals surface area contributed by atoms with Gasteiger partial charge in [-0.1, -0.05) is 95.3 Å². The predicted octanol–water partition coefficient (Wildman–Crippen LogP) is 10.8. The highest BCUT2D eigenvalue weighted by molar-refractivity contribution is 6.74. The molecule has 4 aliphatic heterocycles. The number of fused-ring (bicyclic) bond motifs is 4. The number of carbonyl (C=O) groups excluding carboxylic acids is 7. The van der Waals surface area contributed by atoms with Crippen LogP contribution in [0.4, 0.5) is 21.0 Å². The Labute approximate surface area is 506 Å². The van der Waals surface area contributed by atoms with E-state index in [1.165, 1.54) is 29.1 Å². The van der Waals surface area contributed by atoms with Gasteiger partial charge in [-0.3, -0.25) is 24.1 Å². The molecule has 5 amide bonds. The lowest BCUT2D eigenvalue weighted by atomic mass is 9.99. The predicted molar refractivity (Wildman–Crippen MR) is 330 cm³/mol. The average Bonchev–Trinajstić information content (AvgIpc) is 1.66. The molecule has 0 aromatic heterocycles. The maximum Gasteiger partial charge on any atom is 0.416 e. The highest BCUT2D eigenvalue weighted by Crippen LogP contribution is 2.46. The number of benzene rings is 3. The van der Waals surface area contributed by atoms with Gasteiger partial charge in [0.15, 0.2) is 26.0 Å². The lowest BCUT2D eigenvalue weighted by molar-refractivity contribution is -0.154. The fourth-order valence-electron chi connectivity index (χ4n) is 10.6. The zero-order chi connectivity index (χ0) is 62.9. The normalized spacial score (nSPS) is 18.9. The third-order valence-electron chi connectivity index (χ3n) is 16.5. The van der Waals surface area contributed by atoms with Crippen molar-refractivity contribution in [2.45, 2.75) is 169 Å². The van der Waals surface area contributed by atoms with E-state index in [9.17, 15) is 33.6 Å². The molecular formula is C65H86N6O14Si. The molecule has 3 aromatic carbocycles. The Bertz CT molecular complexity index is 3130. The zero-order valence-electron chi connectivity index (χ0n) is 52.2. The van der Waals surface area contributed by atoms with Crippen LogP contribution in [0.15, 0.2) is 97.4 Å². The van der Waals surface area contributed by atoms with Gasteiger partial charge < -0.3 is 53.3 Å². The highest BCUT2D eigenvalue weighted by atomic mass is 28.4. The van der Waals surface area contributed by atoms with Gasteiger partial charge in [-0.15, -0.1) is 0 Å². The minimum Gasteiger partial charge on any atom is -0.493 e. The van der Waals surface area contributed by atoms with Gasteiger partial charge >= 0.3 is 18.2 Å². The highest BCUT2D eigenvalue weighted by Gasteiger charge is 2.51. The number of unbranched alkanes of at least 4 members (excludes halogenated alkanes) is 2. The topological polar surface area (TPSA) is 221 Å². The number of methoxy groups -OCH3 is 1. The van der Waals surface area contributed by atoms with Crippen molar-refractivity contribution in [2.75, 3.05) is 43.3 Å². The van der Waals surface area contributed by atoms with Crippen molar-refractivity contribution in [3.05, 3.63) is 125 Å². The summed E-state index contributed by atoms with van der Waals surface area (Å²) in [5.41, 5.74) is 5.52. The number of hydrogen-bond donors (Lipinski definition) is 2. The largest absolute Gasteiger partial charge is 0.493 e. The maximum atomic E-state index is 14.4. The van der Waals surface area contributed by atoms with Crippen molar-refractivity contribution in [3.63, 3.8) is 0 Å². The Hall–Kier alpha value is -7.75. The summed E-state index contributed by atoms with van der Waals surface area (Å²) >= 11 is 0. The second kappa shape index (κ2) is 28.2. The number of anilines is 2. The Morgan fingerprint density at radius 3 is 1.87 bits per heavy atom. The van der Waals surface area contributed by atoms with Gasteiger partial charge in [0.05, 0.1) is 67.0 Å². The molecule has 4 heterocycles. The van der Waals surface area contributed by atoms with Crippen LogP contribution in [-0.4, -0.2) is 130 Å². The quantitative estimate of drug-likeness (QED) is 0.0201. The lowest BCUT2D eigenvalue weighted by Crippen LogP contribution is -2.57. The summed E-state index contributed by atoms with van der Waals surface area (Å²) in [5.74, 6) is -2.06. The summed E-state index contributed by atoms with van der Waals surface area (Å²) in [6, 6.07) is 11.0. The molecule has 3 aromatic rings. The van der Waals surface area contributed by atoms with Crippen LogP contribution in [0.1, 0.15) is 132 Å². The summed E-state index contributed by atoms with van der Waals surface area (Å²) < 4.78 is 42.3.